The van der Waals surface area contributed by atoms with Crippen LogP contribution < -0.4 is 0 Å². The van der Waals surface area contributed by atoms with Gasteiger partial charge in [-0.1, -0.05) is 0 Å². The third kappa shape index (κ3) is 6.57. The second-order valence-corrected chi connectivity index (χ2v) is 6.97. The van der Waals surface area contributed by atoms with Gasteiger partial charge in [0.1, 0.15) is 0 Å². The van der Waals surface area contributed by atoms with Crippen LogP contribution in [0, 0.1) is 0 Å². The molecule has 0 aliphatic carbocycles. The van der Waals surface area contributed by atoms with Gasteiger partial charge in [-0.3, -0.25) is 0 Å². The molecular formula is C2H12O5Si3. The van der Waals surface area contributed by atoms with Crippen LogP contribution in [0.15, 0.2) is 0 Å². The fourth-order valence-electron chi connectivity index (χ4n) is 0.369. The number of hydrogen-bond acceptors (Lipinski definition) is 5. The van der Waals surface area contributed by atoms with E-state index in [1.165, 1.54) is 13.1 Å². The Morgan fingerprint density at radius 2 is 1.20 bits per heavy atom. The lowest BCUT2D eigenvalue weighted by atomic mass is 11.9. The summed E-state index contributed by atoms with van der Waals surface area (Å²) < 4.78 is 9.20. The zero-order valence-corrected chi connectivity index (χ0v) is 9.35. The van der Waals surface area contributed by atoms with E-state index in [1.807, 2.05) is 0 Å². The standard InChI is InChI=1S/C2H12O5Si3/c1-8(3)6-10(5)7-9(2)4/h3-5,8-10H,1-2H3. The van der Waals surface area contributed by atoms with Gasteiger partial charge in [0.15, 0.2) is 0 Å². The van der Waals surface area contributed by atoms with Crippen molar-refractivity contribution in [1.29, 1.82) is 0 Å². The molecule has 0 radical (unpaired) electrons. The van der Waals surface area contributed by atoms with Gasteiger partial charge in [0.2, 0.25) is 0 Å². The maximum Gasteiger partial charge on any atom is 0.463 e. The summed E-state index contributed by atoms with van der Waals surface area (Å²) >= 11 is 0. The Balaban J connectivity index is 3.34. The molecule has 0 aromatic rings. The summed E-state index contributed by atoms with van der Waals surface area (Å²) in [6.45, 7) is 3.01. The molecule has 0 aromatic carbocycles. The van der Waals surface area contributed by atoms with E-state index >= 15 is 0 Å². The smallest absolute Gasteiger partial charge is 0.413 e. The van der Waals surface area contributed by atoms with Crippen LogP contribution in [-0.4, -0.2) is 42.5 Å². The summed E-state index contributed by atoms with van der Waals surface area (Å²) in [7, 11) is -7.07. The molecule has 0 saturated heterocycles. The first-order valence-corrected chi connectivity index (χ1v) is 8.62. The first-order chi connectivity index (χ1) is 4.52. The maximum absolute atomic E-state index is 8.83. The molecule has 0 fully saturated rings. The molecule has 0 saturated carbocycles. The average Bonchev–Trinajstić information content (AvgIpc) is 1.58. The molecule has 0 amide bonds. The monoisotopic (exact) mass is 200 g/mol. The summed E-state index contributed by atoms with van der Waals surface area (Å²) in [5.74, 6) is 0. The molecule has 0 aliphatic heterocycles. The molecule has 62 valence electrons. The second kappa shape index (κ2) is 5.15. The minimum absolute atomic E-state index is 1.50. The lowest BCUT2D eigenvalue weighted by Gasteiger charge is -2.12. The van der Waals surface area contributed by atoms with Crippen molar-refractivity contribution in [3.8, 4) is 0 Å². The Kier molecular flexibility index (Phi) is 5.38. The van der Waals surface area contributed by atoms with Gasteiger partial charge in [0, 0.05) is 0 Å². The normalized spacial score (nSPS) is 20.1. The van der Waals surface area contributed by atoms with Gasteiger partial charge in [-0.25, -0.2) is 0 Å². The molecule has 10 heavy (non-hydrogen) atoms. The van der Waals surface area contributed by atoms with Gasteiger partial charge in [0.25, 0.3) is 0 Å². The van der Waals surface area contributed by atoms with Crippen molar-refractivity contribution in [3.05, 3.63) is 0 Å². The molecule has 0 spiro atoms. The van der Waals surface area contributed by atoms with Crippen molar-refractivity contribution in [1.82, 2.24) is 0 Å². The Morgan fingerprint density at radius 3 is 1.40 bits per heavy atom. The van der Waals surface area contributed by atoms with E-state index in [0.717, 1.165) is 0 Å². The highest BCUT2D eigenvalue weighted by atomic mass is 28.4. The summed E-state index contributed by atoms with van der Waals surface area (Å²) in [6.07, 6.45) is 0. The third-order valence-corrected chi connectivity index (χ3v) is 5.64. The van der Waals surface area contributed by atoms with Crippen LogP contribution in [0.1, 0.15) is 0 Å². The number of hydrogen-bond donors (Lipinski definition) is 3. The molecule has 0 aliphatic rings. The van der Waals surface area contributed by atoms with E-state index in [2.05, 4.69) is 8.23 Å². The molecule has 2 atom stereocenters. The summed E-state index contributed by atoms with van der Waals surface area (Å²) in [6, 6.07) is 0. The first kappa shape index (κ1) is 10.5. The molecular weight excluding hydrogens is 188 g/mol. The van der Waals surface area contributed by atoms with Crippen LogP contribution in [0.5, 0.6) is 0 Å². The van der Waals surface area contributed by atoms with Crippen molar-refractivity contribution < 1.29 is 22.6 Å². The maximum atomic E-state index is 8.83. The van der Waals surface area contributed by atoms with Crippen LogP contribution in [0.25, 0.3) is 0 Å². The Morgan fingerprint density at radius 1 is 0.900 bits per heavy atom. The molecule has 0 heterocycles. The van der Waals surface area contributed by atoms with Gasteiger partial charge in [-0.05, 0) is 13.1 Å². The van der Waals surface area contributed by atoms with Crippen LogP contribution in [-0.2, 0) is 8.23 Å². The molecule has 2 unspecified atom stereocenters. The van der Waals surface area contributed by atoms with Gasteiger partial charge in [-0.2, -0.15) is 0 Å². The van der Waals surface area contributed by atoms with E-state index in [-0.39, 0.29) is 0 Å². The summed E-state index contributed by atoms with van der Waals surface area (Å²) in [5.41, 5.74) is 0. The van der Waals surface area contributed by atoms with Crippen LogP contribution >= 0.6 is 0 Å². The predicted molar refractivity (Wildman–Crippen MR) is 42.0 cm³/mol. The first-order valence-electron chi connectivity index (χ1n) is 2.87. The minimum atomic E-state index is -2.69. The second-order valence-electron chi connectivity index (χ2n) is 1.78. The van der Waals surface area contributed by atoms with Crippen LogP contribution in [0.4, 0.5) is 0 Å². The molecule has 0 aromatic heterocycles. The van der Waals surface area contributed by atoms with Gasteiger partial charge in [0.05, 0.1) is 0 Å². The van der Waals surface area contributed by atoms with Gasteiger partial charge < -0.3 is 22.6 Å². The van der Waals surface area contributed by atoms with E-state index < -0.39 is 28.1 Å². The largest absolute Gasteiger partial charge is 0.463 e. The zero-order valence-electron chi connectivity index (χ0n) is 5.89. The lowest BCUT2D eigenvalue weighted by molar-refractivity contribution is 0.255. The minimum Gasteiger partial charge on any atom is -0.413 e. The van der Waals surface area contributed by atoms with E-state index in [0.29, 0.717) is 0 Å². The van der Waals surface area contributed by atoms with Gasteiger partial charge in [-0.15, -0.1) is 0 Å². The van der Waals surface area contributed by atoms with Crippen molar-refractivity contribution in [2.24, 2.45) is 0 Å². The van der Waals surface area contributed by atoms with Crippen molar-refractivity contribution >= 4 is 28.1 Å². The van der Waals surface area contributed by atoms with Crippen molar-refractivity contribution in [2.45, 2.75) is 13.1 Å². The molecule has 0 rings (SSSR count). The van der Waals surface area contributed by atoms with Crippen LogP contribution in [0.2, 0.25) is 13.1 Å². The van der Waals surface area contributed by atoms with Crippen LogP contribution in [0.3, 0.4) is 0 Å². The topological polar surface area (TPSA) is 79.2 Å². The zero-order chi connectivity index (χ0) is 8.15. The molecule has 0 bridgehead atoms. The average molecular weight is 200 g/mol. The summed E-state index contributed by atoms with van der Waals surface area (Å²) in [5, 5.41) is 0. The number of rotatable bonds is 4. The molecule has 3 N–H and O–H groups in total. The van der Waals surface area contributed by atoms with Gasteiger partial charge >= 0.3 is 28.1 Å². The van der Waals surface area contributed by atoms with Crippen molar-refractivity contribution in [2.75, 3.05) is 0 Å². The highest BCUT2D eigenvalue weighted by molar-refractivity contribution is 6.59. The Bertz CT molecular complexity index is 77.0. The van der Waals surface area contributed by atoms with Crippen molar-refractivity contribution in [3.63, 3.8) is 0 Å². The third-order valence-electron chi connectivity index (χ3n) is 0.627. The Labute approximate surface area is 64.5 Å². The lowest BCUT2D eigenvalue weighted by Crippen LogP contribution is -2.34. The predicted octanol–water partition coefficient (Wildman–Crippen LogP) is -2.59. The Hall–Kier alpha value is 0.451. The van der Waals surface area contributed by atoms with E-state index in [4.69, 9.17) is 14.4 Å². The summed E-state index contributed by atoms with van der Waals surface area (Å²) in [4.78, 5) is 26.2. The highest BCUT2D eigenvalue weighted by Gasteiger charge is 2.16. The molecule has 8 heteroatoms. The highest BCUT2D eigenvalue weighted by Crippen LogP contribution is 1.88. The molecule has 5 nitrogen and oxygen atoms in total. The fourth-order valence-corrected chi connectivity index (χ4v) is 3.90. The fraction of sp³-hybridized carbons (Fsp3) is 1.00. The quantitative estimate of drug-likeness (QED) is 0.434. The van der Waals surface area contributed by atoms with E-state index in [9.17, 15) is 0 Å². The SMILES string of the molecule is C[SiH](O)O[SiH](O)O[SiH](C)O. The van der Waals surface area contributed by atoms with E-state index in [1.54, 1.807) is 0 Å².